The monoisotopic (exact) mass is 383 g/mol. The standard InChI is InChI=1S/C17H22BrNO4/c1-11(19-17(20)5-4-12-3-2-6-21-12)13-9-15-16(10-14(13)18)23-8-7-22-15/h9-12H,2-8H2,1H3,(H,19,20)/t11-,12+/m0/s1. The maximum atomic E-state index is 12.1. The summed E-state index contributed by atoms with van der Waals surface area (Å²) in [5.74, 6) is 1.52. The lowest BCUT2D eigenvalue weighted by Gasteiger charge is -2.22. The van der Waals surface area contributed by atoms with Crippen LogP contribution >= 0.6 is 15.9 Å². The van der Waals surface area contributed by atoms with Crippen molar-refractivity contribution in [2.45, 2.75) is 44.8 Å². The van der Waals surface area contributed by atoms with Gasteiger partial charge in [-0.2, -0.15) is 0 Å². The van der Waals surface area contributed by atoms with Crippen molar-refractivity contribution < 1.29 is 19.0 Å². The first-order valence-electron chi connectivity index (χ1n) is 8.13. The summed E-state index contributed by atoms with van der Waals surface area (Å²) < 4.78 is 17.6. The Morgan fingerprint density at radius 3 is 2.74 bits per heavy atom. The Kier molecular flexibility index (Phi) is 5.43. The molecule has 2 heterocycles. The van der Waals surface area contributed by atoms with Crippen LogP contribution in [0.25, 0.3) is 0 Å². The van der Waals surface area contributed by atoms with E-state index in [0.29, 0.717) is 19.6 Å². The molecule has 2 aliphatic rings. The molecule has 1 N–H and O–H groups in total. The Bertz CT molecular complexity index is 572. The normalized spacial score (nSPS) is 21.0. The van der Waals surface area contributed by atoms with Crippen LogP contribution in [-0.2, 0) is 9.53 Å². The van der Waals surface area contributed by atoms with Gasteiger partial charge in [-0.1, -0.05) is 15.9 Å². The average Bonchev–Trinajstić information content (AvgIpc) is 3.05. The van der Waals surface area contributed by atoms with Crippen LogP contribution in [0.3, 0.4) is 0 Å². The lowest BCUT2D eigenvalue weighted by Crippen LogP contribution is -2.27. The Morgan fingerprint density at radius 1 is 1.30 bits per heavy atom. The zero-order valence-electron chi connectivity index (χ0n) is 13.3. The van der Waals surface area contributed by atoms with Gasteiger partial charge >= 0.3 is 0 Å². The predicted octanol–water partition coefficient (Wildman–Crippen LogP) is 3.36. The number of carbonyl (C=O) groups excluding carboxylic acids is 1. The third kappa shape index (κ3) is 4.18. The highest BCUT2D eigenvalue weighted by Gasteiger charge is 2.20. The van der Waals surface area contributed by atoms with Gasteiger partial charge in [-0.15, -0.1) is 0 Å². The quantitative estimate of drug-likeness (QED) is 0.846. The molecule has 126 valence electrons. The molecule has 1 fully saturated rings. The third-order valence-electron chi connectivity index (χ3n) is 4.22. The lowest BCUT2D eigenvalue weighted by atomic mass is 10.1. The minimum Gasteiger partial charge on any atom is -0.486 e. The van der Waals surface area contributed by atoms with E-state index in [1.807, 2.05) is 19.1 Å². The Labute approximate surface area is 144 Å². The molecule has 1 amide bonds. The van der Waals surface area contributed by atoms with Gasteiger partial charge in [0.15, 0.2) is 11.5 Å². The molecule has 5 nitrogen and oxygen atoms in total. The number of nitrogens with one attached hydrogen (secondary N) is 1. The molecule has 2 aliphatic heterocycles. The van der Waals surface area contributed by atoms with E-state index in [2.05, 4.69) is 21.2 Å². The number of carbonyl (C=O) groups is 1. The van der Waals surface area contributed by atoms with Crippen LogP contribution in [0.5, 0.6) is 11.5 Å². The molecule has 0 radical (unpaired) electrons. The van der Waals surface area contributed by atoms with Crippen molar-refractivity contribution in [1.82, 2.24) is 5.32 Å². The van der Waals surface area contributed by atoms with E-state index in [1.165, 1.54) is 0 Å². The fourth-order valence-corrected chi connectivity index (χ4v) is 3.63. The van der Waals surface area contributed by atoms with Crippen molar-refractivity contribution in [3.8, 4) is 11.5 Å². The van der Waals surface area contributed by atoms with E-state index in [9.17, 15) is 4.79 Å². The summed E-state index contributed by atoms with van der Waals surface area (Å²) in [5, 5.41) is 3.05. The maximum Gasteiger partial charge on any atom is 0.220 e. The minimum absolute atomic E-state index is 0.0507. The largest absolute Gasteiger partial charge is 0.486 e. The highest BCUT2D eigenvalue weighted by Crippen LogP contribution is 2.37. The molecule has 23 heavy (non-hydrogen) atoms. The van der Waals surface area contributed by atoms with Crippen molar-refractivity contribution in [3.05, 3.63) is 22.2 Å². The Hall–Kier alpha value is -1.27. The summed E-state index contributed by atoms with van der Waals surface area (Å²) in [6.45, 7) is 3.91. The Morgan fingerprint density at radius 2 is 2.04 bits per heavy atom. The van der Waals surface area contributed by atoms with E-state index >= 15 is 0 Å². The van der Waals surface area contributed by atoms with E-state index in [0.717, 1.165) is 47.4 Å². The molecule has 0 aromatic heterocycles. The van der Waals surface area contributed by atoms with Crippen LogP contribution < -0.4 is 14.8 Å². The summed E-state index contributed by atoms with van der Waals surface area (Å²) in [6.07, 6.45) is 3.71. The second-order valence-electron chi connectivity index (χ2n) is 5.98. The van der Waals surface area contributed by atoms with Crippen LogP contribution in [-0.4, -0.2) is 31.8 Å². The molecule has 1 aromatic carbocycles. The number of rotatable bonds is 5. The first-order valence-corrected chi connectivity index (χ1v) is 8.93. The smallest absolute Gasteiger partial charge is 0.220 e. The van der Waals surface area contributed by atoms with Crippen LogP contribution in [0.2, 0.25) is 0 Å². The molecule has 0 spiro atoms. The minimum atomic E-state index is -0.0998. The molecule has 1 aromatic rings. The van der Waals surface area contributed by atoms with Gasteiger partial charge in [-0.05, 0) is 43.9 Å². The highest BCUT2D eigenvalue weighted by atomic mass is 79.9. The van der Waals surface area contributed by atoms with Crippen molar-refractivity contribution in [1.29, 1.82) is 0 Å². The zero-order chi connectivity index (χ0) is 16.2. The van der Waals surface area contributed by atoms with Gasteiger partial charge in [0.1, 0.15) is 13.2 Å². The fraction of sp³-hybridized carbons (Fsp3) is 0.588. The van der Waals surface area contributed by atoms with Gasteiger partial charge in [0, 0.05) is 17.5 Å². The van der Waals surface area contributed by atoms with Crippen molar-refractivity contribution in [3.63, 3.8) is 0 Å². The van der Waals surface area contributed by atoms with Gasteiger partial charge in [-0.3, -0.25) is 4.79 Å². The number of halogens is 1. The number of ether oxygens (including phenoxy) is 3. The number of hydrogen-bond acceptors (Lipinski definition) is 4. The van der Waals surface area contributed by atoms with Crippen LogP contribution in [0.4, 0.5) is 0 Å². The molecule has 0 aliphatic carbocycles. The summed E-state index contributed by atoms with van der Waals surface area (Å²) in [5.41, 5.74) is 0.986. The van der Waals surface area contributed by atoms with Crippen molar-refractivity contribution in [2.75, 3.05) is 19.8 Å². The highest BCUT2D eigenvalue weighted by molar-refractivity contribution is 9.10. The Balaban J connectivity index is 1.58. The first kappa shape index (κ1) is 16.6. The summed E-state index contributed by atoms with van der Waals surface area (Å²) in [6, 6.07) is 3.74. The van der Waals surface area contributed by atoms with Gasteiger partial charge in [0.2, 0.25) is 5.91 Å². The second kappa shape index (κ2) is 7.53. The summed E-state index contributed by atoms with van der Waals surface area (Å²) in [7, 11) is 0. The maximum absolute atomic E-state index is 12.1. The molecule has 3 rings (SSSR count). The number of amides is 1. The van der Waals surface area contributed by atoms with Gasteiger partial charge in [-0.25, -0.2) is 0 Å². The van der Waals surface area contributed by atoms with E-state index in [4.69, 9.17) is 14.2 Å². The van der Waals surface area contributed by atoms with Crippen LogP contribution in [0, 0.1) is 0 Å². The van der Waals surface area contributed by atoms with Crippen LogP contribution in [0.15, 0.2) is 16.6 Å². The summed E-state index contributed by atoms with van der Waals surface area (Å²) in [4.78, 5) is 12.1. The molecule has 6 heteroatoms. The van der Waals surface area contributed by atoms with E-state index < -0.39 is 0 Å². The third-order valence-corrected chi connectivity index (χ3v) is 4.91. The molecular formula is C17H22BrNO4. The number of benzene rings is 1. The molecule has 1 saturated heterocycles. The van der Waals surface area contributed by atoms with Crippen molar-refractivity contribution >= 4 is 21.8 Å². The molecule has 2 atom stereocenters. The van der Waals surface area contributed by atoms with Gasteiger partial charge in [0.05, 0.1) is 12.1 Å². The molecule has 0 unspecified atom stereocenters. The number of hydrogen-bond donors (Lipinski definition) is 1. The topological polar surface area (TPSA) is 56.8 Å². The van der Waals surface area contributed by atoms with Crippen molar-refractivity contribution in [2.24, 2.45) is 0 Å². The molecule has 0 saturated carbocycles. The lowest BCUT2D eigenvalue weighted by molar-refractivity contribution is -0.122. The van der Waals surface area contributed by atoms with E-state index in [1.54, 1.807) is 0 Å². The summed E-state index contributed by atoms with van der Waals surface area (Å²) >= 11 is 3.55. The zero-order valence-corrected chi connectivity index (χ0v) is 14.9. The van der Waals surface area contributed by atoms with Gasteiger partial charge < -0.3 is 19.5 Å². The molecule has 0 bridgehead atoms. The fourth-order valence-electron chi connectivity index (χ4n) is 2.97. The first-order chi connectivity index (χ1) is 11.1. The average molecular weight is 384 g/mol. The van der Waals surface area contributed by atoms with E-state index in [-0.39, 0.29) is 18.1 Å². The second-order valence-corrected chi connectivity index (χ2v) is 6.83. The SMILES string of the molecule is C[C@H](NC(=O)CC[C@H]1CCCO1)c1cc2c(cc1Br)OCCO2. The molecular weight excluding hydrogens is 362 g/mol. The van der Waals surface area contributed by atoms with Crippen LogP contribution in [0.1, 0.15) is 44.2 Å². The predicted molar refractivity (Wildman–Crippen MR) is 89.9 cm³/mol. The number of fused-ring (bicyclic) bond motifs is 1. The van der Waals surface area contributed by atoms with Gasteiger partial charge in [0.25, 0.3) is 0 Å².